The molecule has 19 heavy (non-hydrogen) atoms. The Morgan fingerprint density at radius 2 is 2.00 bits per heavy atom. The Morgan fingerprint density at radius 3 is 2.68 bits per heavy atom. The van der Waals surface area contributed by atoms with E-state index in [0.29, 0.717) is 10.6 Å². The van der Waals surface area contributed by atoms with E-state index in [1.165, 1.54) is 0 Å². The fourth-order valence-electron chi connectivity index (χ4n) is 1.64. The minimum absolute atomic E-state index is 0.145. The molecule has 2 rings (SSSR count). The molecule has 98 valence electrons. The van der Waals surface area contributed by atoms with E-state index in [1.807, 2.05) is 19.1 Å². The molecule has 1 amide bonds. The third-order valence-electron chi connectivity index (χ3n) is 2.65. The highest BCUT2D eigenvalue weighted by Crippen LogP contribution is 2.23. The minimum Gasteiger partial charge on any atom is -0.321 e. The van der Waals surface area contributed by atoms with E-state index in [4.69, 9.17) is 11.6 Å². The number of nitrogens with one attached hydrogen (secondary N) is 1. The number of hydrogen-bond donors (Lipinski definition) is 2. The fraction of sp³-hybridized carbons (Fsp3) is 0.0714. The zero-order chi connectivity index (χ0) is 14.0. The molecular formula is C14H11ClINOS. The van der Waals surface area contributed by atoms with Crippen LogP contribution in [-0.4, -0.2) is 5.91 Å². The van der Waals surface area contributed by atoms with Gasteiger partial charge in [-0.25, -0.2) is 0 Å². The SMILES string of the molecule is Cc1ccc(S)cc1C(=O)Nc1ccc(Cl)cc1I. The van der Waals surface area contributed by atoms with Crippen molar-refractivity contribution in [1.82, 2.24) is 0 Å². The lowest BCUT2D eigenvalue weighted by Crippen LogP contribution is -2.14. The van der Waals surface area contributed by atoms with Crippen molar-refractivity contribution in [3.05, 3.63) is 56.1 Å². The minimum atomic E-state index is -0.145. The summed E-state index contributed by atoms with van der Waals surface area (Å²) < 4.78 is 0.901. The maximum absolute atomic E-state index is 12.2. The van der Waals surface area contributed by atoms with Gasteiger partial charge in [-0.1, -0.05) is 17.7 Å². The molecule has 0 fully saturated rings. The van der Waals surface area contributed by atoms with Crippen molar-refractivity contribution in [2.24, 2.45) is 0 Å². The molecule has 0 saturated heterocycles. The number of carbonyl (C=O) groups is 1. The van der Waals surface area contributed by atoms with Crippen LogP contribution in [0.1, 0.15) is 15.9 Å². The molecule has 5 heteroatoms. The van der Waals surface area contributed by atoms with Crippen LogP contribution in [0.25, 0.3) is 0 Å². The second-order valence-electron chi connectivity index (χ2n) is 4.08. The molecule has 2 nitrogen and oxygen atoms in total. The van der Waals surface area contributed by atoms with Crippen LogP contribution in [0.5, 0.6) is 0 Å². The summed E-state index contributed by atoms with van der Waals surface area (Å²) in [6.07, 6.45) is 0. The Bertz CT molecular complexity index is 645. The second kappa shape index (κ2) is 6.15. The van der Waals surface area contributed by atoms with E-state index >= 15 is 0 Å². The first-order valence-electron chi connectivity index (χ1n) is 5.53. The van der Waals surface area contributed by atoms with Gasteiger partial charge in [0.2, 0.25) is 0 Å². The number of aryl methyl sites for hydroxylation is 1. The molecule has 0 aliphatic heterocycles. The van der Waals surface area contributed by atoms with Gasteiger partial charge in [-0.2, -0.15) is 0 Å². The Balaban J connectivity index is 2.28. The molecule has 0 aliphatic carbocycles. The molecule has 2 aromatic carbocycles. The van der Waals surface area contributed by atoms with Gasteiger partial charge in [0.05, 0.1) is 5.69 Å². The predicted molar refractivity (Wildman–Crippen MR) is 90.6 cm³/mol. The number of benzene rings is 2. The first-order chi connectivity index (χ1) is 8.97. The molecule has 0 heterocycles. The maximum atomic E-state index is 12.2. The van der Waals surface area contributed by atoms with E-state index in [-0.39, 0.29) is 5.91 Å². The highest BCUT2D eigenvalue weighted by molar-refractivity contribution is 14.1. The number of halogens is 2. The van der Waals surface area contributed by atoms with Crippen LogP contribution in [0.2, 0.25) is 5.02 Å². The van der Waals surface area contributed by atoms with Gasteiger partial charge in [0, 0.05) is 19.1 Å². The lowest BCUT2D eigenvalue weighted by molar-refractivity contribution is 0.102. The van der Waals surface area contributed by atoms with E-state index in [1.54, 1.807) is 24.3 Å². The lowest BCUT2D eigenvalue weighted by atomic mass is 10.1. The lowest BCUT2D eigenvalue weighted by Gasteiger charge is -2.10. The summed E-state index contributed by atoms with van der Waals surface area (Å²) in [5.74, 6) is -0.145. The van der Waals surface area contributed by atoms with E-state index in [0.717, 1.165) is 19.7 Å². The number of amides is 1. The summed E-state index contributed by atoms with van der Waals surface area (Å²) in [6.45, 7) is 1.90. The Hall–Kier alpha value is -0.720. The summed E-state index contributed by atoms with van der Waals surface area (Å²) in [5, 5.41) is 3.53. The van der Waals surface area contributed by atoms with Crippen molar-refractivity contribution in [1.29, 1.82) is 0 Å². The molecule has 0 radical (unpaired) electrons. The Labute approximate surface area is 136 Å². The summed E-state index contributed by atoms with van der Waals surface area (Å²) in [5.41, 5.74) is 2.29. The molecule has 0 aliphatic rings. The van der Waals surface area contributed by atoms with Gasteiger partial charge in [-0.05, 0) is 65.4 Å². The molecule has 0 unspecified atom stereocenters. The van der Waals surface area contributed by atoms with E-state index in [9.17, 15) is 4.79 Å². The number of rotatable bonds is 2. The normalized spacial score (nSPS) is 10.3. The van der Waals surface area contributed by atoms with Crippen LogP contribution < -0.4 is 5.32 Å². The van der Waals surface area contributed by atoms with Crippen LogP contribution in [0.4, 0.5) is 5.69 Å². The van der Waals surface area contributed by atoms with Crippen LogP contribution in [0.15, 0.2) is 41.3 Å². The van der Waals surface area contributed by atoms with Crippen molar-refractivity contribution in [2.45, 2.75) is 11.8 Å². The summed E-state index contributed by atoms with van der Waals surface area (Å²) in [6, 6.07) is 10.9. The van der Waals surface area contributed by atoms with E-state index in [2.05, 4.69) is 40.5 Å². The van der Waals surface area contributed by atoms with Crippen LogP contribution >= 0.6 is 46.8 Å². The van der Waals surface area contributed by atoms with Crippen molar-refractivity contribution in [3.63, 3.8) is 0 Å². The highest BCUT2D eigenvalue weighted by Gasteiger charge is 2.11. The van der Waals surface area contributed by atoms with Gasteiger partial charge in [-0.3, -0.25) is 4.79 Å². The summed E-state index contributed by atoms with van der Waals surface area (Å²) in [4.78, 5) is 13.0. The van der Waals surface area contributed by atoms with E-state index < -0.39 is 0 Å². The van der Waals surface area contributed by atoms with Gasteiger partial charge in [0.25, 0.3) is 5.91 Å². The maximum Gasteiger partial charge on any atom is 0.255 e. The Kier molecular flexibility index (Phi) is 4.76. The highest BCUT2D eigenvalue weighted by atomic mass is 127. The van der Waals surface area contributed by atoms with Gasteiger partial charge in [-0.15, -0.1) is 12.6 Å². The van der Waals surface area contributed by atoms with Crippen molar-refractivity contribution >= 4 is 58.4 Å². The first kappa shape index (κ1) is 14.7. The molecule has 0 saturated carbocycles. The quantitative estimate of drug-likeness (QED) is 0.548. The number of thiol groups is 1. The van der Waals surface area contributed by atoms with Crippen molar-refractivity contribution in [3.8, 4) is 0 Å². The van der Waals surface area contributed by atoms with Crippen molar-refractivity contribution in [2.75, 3.05) is 5.32 Å². The van der Waals surface area contributed by atoms with Crippen LogP contribution in [0, 0.1) is 10.5 Å². The average molecular weight is 404 g/mol. The molecule has 0 spiro atoms. The molecule has 1 N–H and O–H groups in total. The molecule has 0 bridgehead atoms. The summed E-state index contributed by atoms with van der Waals surface area (Å²) >= 11 is 12.3. The average Bonchev–Trinajstić information content (AvgIpc) is 2.35. The number of anilines is 1. The fourth-order valence-corrected chi connectivity index (χ4v) is 2.85. The Morgan fingerprint density at radius 1 is 1.26 bits per heavy atom. The summed E-state index contributed by atoms with van der Waals surface area (Å²) in [7, 11) is 0. The topological polar surface area (TPSA) is 29.1 Å². The van der Waals surface area contributed by atoms with Gasteiger partial charge in [0.15, 0.2) is 0 Å². The largest absolute Gasteiger partial charge is 0.321 e. The van der Waals surface area contributed by atoms with Gasteiger partial charge < -0.3 is 5.32 Å². The molecular weight excluding hydrogens is 393 g/mol. The predicted octanol–water partition coefficient (Wildman–Crippen LogP) is 4.79. The standard InChI is InChI=1S/C14H11ClINOS/c1-8-2-4-10(19)7-11(8)14(18)17-13-5-3-9(15)6-12(13)16/h2-7,19H,1H3,(H,17,18). The third kappa shape index (κ3) is 3.64. The zero-order valence-corrected chi connectivity index (χ0v) is 13.9. The monoisotopic (exact) mass is 403 g/mol. The molecule has 0 atom stereocenters. The third-order valence-corrected chi connectivity index (χ3v) is 4.05. The molecule has 2 aromatic rings. The smallest absolute Gasteiger partial charge is 0.255 e. The second-order valence-corrected chi connectivity index (χ2v) is 6.19. The molecule has 0 aromatic heterocycles. The van der Waals surface area contributed by atoms with Gasteiger partial charge >= 0.3 is 0 Å². The first-order valence-corrected chi connectivity index (χ1v) is 7.44. The number of hydrogen-bond acceptors (Lipinski definition) is 2. The van der Waals surface area contributed by atoms with Gasteiger partial charge in [0.1, 0.15) is 0 Å². The zero-order valence-electron chi connectivity index (χ0n) is 10.1. The van der Waals surface area contributed by atoms with Crippen LogP contribution in [0.3, 0.4) is 0 Å². The van der Waals surface area contributed by atoms with Crippen molar-refractivity contribution < 1.29 is 4.79 Å². The van der Waals surface area contributed by atoms with Crippen LogP contribution in [-0.2, 0) is 0 Å². The number of carbonyl (C=O) groups excluding carboxylic acids is 1.